The van der Waals surface area contributed by atoms with Crippen LogP contribution in [0.3, 0.4) is 0 Å². The Kier molecular flexibility index (Phi) is 6.07. The number of nitrogens with zero attached hydrogens (tertiary/aromatic N) is 2. The highest BCUT2D eigenvalue weighted by Gasteiger charge is 2.60. The highest BCUT2D eigenvalue weighted by Crippen LogP contribution is 2.53. The van der Waals surface area contributed by atoms with E-state index < -0.39 is 52.0 Å². The van der Waals surface area contributed by atoms with Gasteiger partial charge in [0.05, 0.1) is 5.56 Å². The molecule has 3 aliphatic carbocycles. The van der Waals surface area contributed by atoms with E-state index in [1.54, 1.807) is 0 Å². The van der Waals surface area contributed by atoms with Crippen molar-refractivity contribution in [2.75, 3.05) is 32.1 Å². The SMILES string of the molecule is CN(C)c1cc(CN2CCCCC2)c(O)c2c1CC1CC3CC(=O)C(C(N)=O)=C(O)C3(O)C(=O)C1=C2O. The fraction of sp³-hybridized carbons (Fsp3) is 0.519. The average Bonchev–Trinajstić information content (AvgIpc) is 2.83. The lowest BCUT2D eigenvalue weighted by molar-refractivity contribution is -0.147. The number of phenols is 1. The van der Waals surface area contributed by atoms with Crippen molar-refractivity contribution in [1.82, 2.24) is 4.90 Å². The van der Waals surface area contributed by atoms with Crippen LogP contribution < -0.4 is 10.6 Å². The summed E-state index contributed by atoms with van der Waals surface area (Å²) < 4.78 is 0. The second-order valence-corrected chi connectivity index (χ2v) is 10.9. The van der Waals surface area contributed by atoms with Crippen LogP contribution in [-0.2, 0) is 27.3 Å². The fourth-order valence-corrected chi connectivity index (χ4v) is 6.60. The summed E-state index contributed by atoms with van der Waals surface area (Å²) in [6.45, 7) is 2.30. The van der Waals surface area contributed by atoms with Crippen molar-refractivity contribution in [3.8, 4) is 5.75 Å². The number of benzene rings is 1. The summed E-state index contributed by atoms with van der Waals surface area (Å²) in [5.74, 6) is -6.09. The minimum absolute atomic E-state index is 0.117. The molecule has 1 amide bonds. The van der Waals surface area contributed by atoms with Crippen LogP contribution in [0.15, 0.2) is 23.0 Å². The van der Waals surface area contributed by atoms with Gasteiger partial charge in [-0.3, -0.25) is 19.3 Å². The predicted molar refractivity (Wildman–Crippen MR) is 135 cm³/mol. The van der Waals surface area contributed by atoms with Gasteiger partial charge < -0.3 is 31.1 Å². The Balaban J connectivity index is 1.66. The molecule has 198 valence electrons. The van der Waals surface area contributed by atoms with Crippen LogP contribution in [0, 0.1) is 11.8 Å². The van der Waals surface area contributed by atoms with E-state index in [9.17, 15) is 34.8 Å². The zero-order chi connectivity index (χ0) is 26.8. The quantitative estimate of drug-likeness (QED) is 0.377. The first-order valence-electron chi connectivity index (χ1n) is 12.7. The van der Waals surface area contributed by atoms with Crippen molar-refractivity contribution in [3.05, 3.63) is 39.7 Å². The van der Waals surface area contributed by atoms with Gasteiger partial charge in [0.2, 0.25) is 5.78 Å². The number of hydrogen-bond donors (Lipinski definition) is 5. The Morgan fingerprint density at radius 2 is 1.81 bits per heavy atom. The normalized spacial score (nSPS) is 28.1. The standard InChI is InChI=1S/C27H33N3O7/c1-29(2)17-10-14(12-30-6-4-3-5-7-30)22(32)20-16(17)9-13-8-15-11-18(31)21(26(28)36)25(35)27(15,37)24(34)19(13)23(20)33/h10,13,15,32-33,35,37H,3-9,11-12H2,1-2H3,(H2,28,36). The Labute approximate surface area is 214 Å². The number of ketones is 2. The molecule has 5 rings (SSSR count). The van der Waals surface area contributed by atoms with Crippen molar-refractivity contribution in [1.29, 1.82) is 0 Å². The number of anilines is 1. The largest absolute Gasteiger partial charge is 0.508 e. The van der Waals surface area contributed by atoms with Gasteiger partial charge in [-0.15, -0.1) is 0 Å². The van der Waals surface area contributed by atoms with Gasteiger partial charge in [0.1, 0.15) is 22.8 Å². The highest BCUT2D eigenvalue weighted by atomic mass is 16.3. The lowest BCUT2D eigenvalue weighted by Gasteiger charge is -2.46. The van der Waals surface area contributed by atoms with Crippen LogP contribution in [0.2, 0.25) is 0 Å². The first-order chi connectivity index (χ1) is 17.5. The van der Waals surface area contributed by atoms with Crippen LogP contribution in [0.5, 0.6) is 5.75 Å². The number of primary amides is 1. The number of rotatable bonds is 4. The molecule has 10 heteroatoms. The van der Waals surface area contributed by atoms with Crippen molar-refractivity contribution in [3.63, 3.8) is 0 Å². The zero-order valence-corrected chi connectivity index (χ0v) is 21.1. The number of aliphatic hydroxyl groups is 3. The third kappa shape index (κ3) is 3.73. The van der Waals surface area contributed by atoms with Crippen LogP contribution in [-0.4, -0.2) is 75.6 Å². The van der Waals surface area contributed by atoms with E-state index in [1.807, 2.05) is 25.1 Å². The molecule has 0 bridgehead atoms. The van der Waals surface area contributed by atoms with Crippen LogP contribution in [0.4, 0.5) is 5.69 Å². The lowest BCUT2D eigenvalue weighted by atomic mass is 9.59. The minimum Gasteiger partial charge on any atom is -0.508 e. The number of phenolic OH excluding ortho intramolecular Hbond substituents is 1. The molecule has 1 aliphatic heterocycles. The molecule has 4 aliphatic rings. The number of aromatic hydroxyl groups is 1. The average molecular weight is 512 g/mol. The molecule has 1 heterocycles. The van der Waals surface area contributed by atoms with E-state index in [4.69, 9.17) is 5.73 Å². The molecule has 6 N–H and O–H groups in total. The first kappa shape index (κ1) is 25.3. The van der Waals surface area contributed by atoms with E-state index in [-0.39, 0.29) is 29.7 Å². The molecule has 0 aromatic heterocycles. The molecule has 3 unspecified atom stereocenters. The van der Waals surface area contributed by atoms with Gasteiger partial charge in [0.25, 0.3) is 5.91 Å². The van der Waals surface area contributed by atoms with Gasteiger partial charge in [-0.2, -0.15) is 0 Å². The molecule has 1 aromatic rings. The Hall–Kier alpha value is -3.37. The number of likely N-dealkylation sites (tertiary alicyclic amines) is 1. The van der Waals surface area contributed by atoms with Crippen LogP contribution in [0.1, 0.15) is 48.8 Å². The summed E-state index contributed by atoms with van der Waals surface area (Å²) in [4.78, 5) is 42.2. The zero-order valence-electron chi connectivity index (χ0n) is 21.1. The molecule has 1 saturated heterocycles. The van der Waals surface area contributed by atoms with Crippen molar-refractivity contribution >= 4 is 28.9 Å². The molecule has 0 radical (unpaired) electrons. The molecule has 10 nitrogen and oxygen atoms in total. The van der Waals surface area contributed by atoms with Gasteiger partial charge >= 0.3 is 0 Å². The third-order valence-corrected chi connectivity index (χ3v) is 8.44. The smallest absolute Gasteiger partial charge is 0.255 e. The molecule has 3 atom stereocenters. The number of Topliss-reactive ketones (excluding diaryl/α,β-unsaturated/α-hetero) is 2. The second kappa shape index (κ2) is 8.88. The monoisotopic (exact) mass is 511 g/mol. The Morgan fingerprint density at radius 1 is 1.14 bits per heavy atom. The van der Waals surface area contributed by atoms with E-state index in [0.29, 0.717) is 24.1 Å². The summed E-state index contributed by atoms with van der Waals surface area (Å²) in [5, 5.41) is 44.9. The Morgan fingerprint density at radius 3 is 2.43 bits per heavy atom. The lowest BCUT2D eigenvalue weighted by Crippen LogP contribution is -2.58. The summed E-state index contributed by atoms with van der Waals surface area (Å²) in [6.07, 6.45) is 3.39. The first-order valence-corrected chi connectivity index (χ1v) is 12.7. The Bertz CT molecular complexity index is 1280. The van der Waals surface area contributed by atoms with E-state index >= 15 is 0 Å². The van der Waals surface area contributed by atoms with E-state index in [1.165, 1.54) is 6.42 Å². The minimum atomic E-state index is -2.55. The number of hydrogen-bond acceptors (Lipinski definition) is 9. The van der Waals surface area contributed by atoms with E-state index in [2.05, 4.69) is 4.90 Å². The van der Waals surface area contributed by atoms with E-state index in [0.717, 1.165) is 31.6 Å². The number of carbonyl (C=O) groups excluding carboxylic acids is 3. The number of fused-ring (bicyclic) bond motifs is 3. The summed E-state index contributed by atoms with van der Waals surface area (Å²) in [5.41, 5.74) is 4.03. The highest BCUT2D eigenvalue weighted by molar-refractivity contribution is 6.22. The number of aliphatic hydroxyl groups excluding tert-OH is 2. The summed E-state index contributed by atoms with van der Waals surface area (Å²) in [7, 11) is 3.73. The molecule has 1 aromatic carbocycles. The maximum atomic E-state index is 13.7. The predicted octanol–water partition coefficient (Wildman–Crippen LogP) is 1.48. The number of amides is 1. The maximum Gasteiger partial charge on any atom is 0.255 e. The van der Waals surface area contributed by atoms with Crippen molar-refractivity contribution < 1.29 is 34.8 Å². The molecule has 1 saturated carbocycles. The molecule has 37 heavy (non-hydrogen) atoms. The molecule has 0 spiro atoms. The third-order valence-electron chi connectivity index (χ3n) is 8.44. The fourth-order valence-electron chi connectivity index (χ4n) is 6.60. The molecule has 2 fully saturated rings. The molecular weight excluding hydrogens is 478 g/mol. The van der Waals surface area contributed by atoms with Crippen LogP contribution >= 0.6 is 0 Å². The molecular formula is C27H33N3O7. The van der Waals surface area contributed by atoms with Gasteiger partial charge in [-0.1, -0.05) is 6.42 Å². The summed E-state index contributed by atoms with van der Waals surface area (Å²) >= 11 is 0. The maximum absolute atomic E-state index is 13.7. The van der Waals surface area contributed by atoms with Gasteiger partial charge in [0.15, 0.2) is 11.4 Å². The number of piperidine rings is 1. The number of nitrogens with two attached hydrogens (primary N) is 1. The topological polar surface area (TPSA) is 165 Å². The van der Waals surface area contributed by atoms with Gasteiger partial charge in [0, 0.05) is 49.8 Å². The van der Waals surface area contributed by atoms with Crippen molar-refractivity contribution in [2.45, 2.75) is 50.7 Å². The summed E-state index contributed by atoms with van der Waals surface area (Å²) in [6, 6.07) is 1.92. The second-order valence-electron chi connectivity index (χ2n) is 10.9. The number of carbonyl (C=O) groups is 3. The van der Waals surface area contributed by atoms with Crippen molar-refractivity contribution in [2.24, 2.45) is 17.6 Å². The van der Waals surface area contributed by atoms with Gasteiger partial charge in [-0.25, -0.2) is 0 Å². The van der Waals surface area contributed by atoms with Crippen LogP contribution in [0.25, 0.3) is 5.76 Å². The van der Waals surface area contributed by atoms with Gasteiger partial charge in [-0.05, 0) is 56.3 Å².